The first-order chi connectivity index (χ1) is 17.6. The molecule has 5 rings (SSSR count). The number of nitriles is 1. The standard InChI is InChI=1S/C25H27N9O2/c1-16-13-23(32-31-16)28-22-15-24(35-12-4-3-9-26)30-25(29-22)34-11-6-8-20(34)21-14-19(33-36-21)18-7-5-10-27-17(18)2/h5,7,10,13-15,20H,3-4,6,8,11-12H2,1-2H3,(H2,28,29,30,31,32). The molecule has 184 valence electrons. The number of nitrogens with zero attached hydrogens (tertiary/aromatic N) is 7. The van der Waals surface area contributed by atoms with E-state index in [2.05, 4.69) is 41.6 Å². The lowest BCUT2D eigenvalue weighted by atomic mass is 10.1. The van der Waals surface area contributed by atoms with Crippen LogP contribution in [-0.4, -0.2) is 43.5 Å². The number of unbranched alkanes of at least 4 members (excludes halogenated alkanes) is 1. The molecule has 1 aliphatic rings. The molecule has 2 N–H and O–H groups in total. The van der Waals surface area contributed by atoms with E-state index in [0.29, 0.717) is 42.9 Å². The predicted octanol–water partition coefficient (Wildman–Crippen LogP) is 4.63. The lowest BCUT2D eigenvalue weighted by Crippen LogP contribution is -2.25. The van der Waals surface area contributed by atoms with E-state index in [1.165, 1.54) is 0 Å². The zero-order valence-corrected chi connectivity index (χ0v) is 20.2. The monoisotopic (exact) mass is 485 g/mol. The quantitative estimate of drug-likeness (QED) is 0.322. The van der Waals surface area contributed by atoms with Crippen LogP contribution in [0.4, 0.5) is 17.6 Å². The average molecular weight is 486 g/mol. The molecule has 11 heteroatoms. The Morgan fingerprint density at radius 2 is 2.17 bits per heavy atom. The lowest BCUT2D eigenvalue weighted by molar-refractivity contribution is 0.300. The number of hydrogen-bond acceptors (Lipinski definition) is 10. The van der Waals surface area contributed by atoms with Gasteiger partial charge in [0, 0.05) is 54.3 Å². The van der Waals surface area contributed by atoms with E-state index >= 15 is 0 Å². The second kappa shape index (κ2) is 10.4. The molecule has 0 saturated carbocycles. The topological polar surface area (TPSA) is 142 Å². The van der Waals surface area contributed by atoms with Gasteiger partial charge in [-0.05, 0) is 45.2 Å². The highest BCUT2D eigenvalue weighted by atomic mass is 16.5. The molecule has 0 aromatic carbocycles. The van der Waals surface area contributed by atoms with Crippen molar-refractivity contribution in [2.24, 2.45) is 0 Å². The minimum Gasteiger partial charge on any atom is -0.477 e. The Morgan fingerprint density at radius 1 is 1.25 bits per heavy atom. The van der Waals surface area contributed by atoms with Gasteiger partial charge in [-0.3, -0.25) is 10.1 Å². The van der Waals surface area contributed by atoms with Crippen LogP contribution < -0.4 is 15.0 Å². The first-order valence-corrected chi connectivity index (χ1v) is 11.9. The molecule has 0 radical (unpaired) electrons. The number of rotatable bonds is 9. The highest BCUT2D eigenvalue weighted by Crippen LogP contribution is 2.37. The summed E-state index contributed by atoms with van der Waals surface area (Å²) in [7, 11) is 0. The van der Waals surface area contributed by atoms with Crippen LogP contribution in [-0.2, 0) is 0 Å². The maximum atomic E-state index is 8.81. The number of aryl methyl sites for hydroxylation is 2. The Kier molecular flexibility index (Phi) is 6.75. The van der Waals surface area contributed by atoms with Crippen molar-refractivity contribution in [3.63, 3.8) is 0 Å². The zero-order valence-electron chi connectivity index (χ0n) is 20.2. The average Bonchev–Trinajstić information content (AvgIpc) is 3.63. The fourth-order valence-electron chi connectivity index (χ4n) is 4.25. The van der Waals surface area contributed by atoms with Crippen molar-refractivity contribution in [3.8, 4) is 23.2 Å². The summed E-state index contributed by atoms with van der Waals surface area (Å²) >= 11 is 0. The molecular formula is C25H27N9O2. The number of aromatic amines is 1. The van der Waals surface area contributed by atoms with Crippen molar-refractivity contribution in [1.29, 1.82) is 5.26 Å². The van der Waals surface area contributed by atoms with Gasteiger partial charge in [0.2, 0.25) is 11.8 Å². The maximum Gasteiger partial charge on any atom is 0.231 e. The molecular weight excluding hydrogens is 458 g/mol. The summed E-state index contributed by atoms with van der Waals surface area (Å²) in [4.78, 5) is 15.9. The molecule has 0 amide bonds. The molecule has 11 nitrogen and oxygen atoms in total. The molecule has 4 aromatic heterocycles. The van der Waals surface area contributed by atoms with Crippen LogP contribution in [0, 0.1) is 25.2 Å². The lowest BCUT2D eigenvalue weighted by Gasteiger charge is -2.23. The Morgan fingerprint density at radius 3 is 2.97 bits per heavy atom. The number of nitrogens with one attached hydrogen (secondary N) is 2. The van der Waals surface area contributed by atoms with E-state index in [9.17, 15) is 0 Å². The summed E-state index contributed by atoms with van der Waals surface area (Å²) in [6.45, 7) is 5.05. The van der Waals surface area contributed by atoms with E-state index in [1.807, 2.05) is 38.1 Å². The molecule has 0 bridgehead atoms. The van der Waals surface area contributed by atoms with Gasteiger partial charge in [-0.1, -0.05) is 5.16 Å². The molecule has 0 spiro atoms. The van der Waals surface area contributed by atoms with Gasteiger partial charge in [0.1, 0.15) is 11.5 Å². The second-order valence-electron chi connectivity index (χ2n) is 8.67. The minimum atomic E-state index is -0.0578. The molecule has 1 saturated heterocycles. The third-order valence-electron chi connectivity index (χ3n) is 5.99. The predicted molar refractivity (Wildman–Crippen MR) is 133 cm³/mol. The van der Waals surface area contributed by atoms with Gasteiger partial charge in [-0.25, -0.2) is 0 Å². The molecule has 5 heterocycles. The van der Waals surface area contributed by atoms with Crippen LogP contribution in [0.1, 0.15) is 48.9 Å². The molecule has 36 heavy (non-hydrogen) atoms. The Labute approximate surface area is 208 Å². The fraction of sp³-hybridized carbons (Fsp3) is 0.360. The summed E-state index contributed by atoms with van der Waals surface area (Å²) in [5, 5.41) is 23.5. The first kappa shape index (κ1) is 23.3. The third-order valence-corrected chi connectivity index (χ3v) is 5.99. The first-order valence-electron chi connectivity index (χ1n) is 11.9. The Balaban J connectivity index is 1.42. The van der Waals surface area contributed by atoms with E-state index < -0.39 is 0 Å². The van der Waals surface area contributed by atoms with Crippen LogP contribution >= 0.6 is 0 Å². The van der Waals surface area contributed by atoms with Crippen molar-refractivity contribution in [1.82, 2.24) is 30.3 Å². The molecule has 1 aliphatic heterocycles. The molecule has 1 atom stereocenters. The SMILES string of the molecule is Cc1cc(Nc2cc(OCCCC#N)nc(N3CCCC3c3cc(-c4cccnc4C)no3)n2)n[nH]1. The van der Waals surface area contributed by atoms with Crippen LogP contribution in [0.3, 0.4) is 0 Å². The van der Waals surface area contributed by atoms with Gasteiger partial charge in [-0.15, -0.1) is 0 Å². The number of anilines is 3. The zero-order chi connectivity index (χ0) is 24.9. The Hall–Kier alpha value is -4.46. The summed E-state index contributed by atoms with van der Waals surface area (Å²) < 4.78 is 11.7. The summed E-state index contributed by atoms with van der Waals surface area (Å²) in [6.07, 6.45) is 4.66. The van der Waals surface area contributed by atoms with Crippen molar-refractivity contribution in [2.75, 3.05) is 23.4 Å². The van der Waals surface area contributed by atoms with Gasteiger partial charge in [0.05, 0.1) is 18.7 Å². The van der Waals surface area contributed by atoms with E-state index in [4.69, 9.17) is 19.5 Å². The summed E-state index contributed by atoms with van der Waals surface area (Å²) in [5.74, 6) is 2.93. The van der Waals surface area contributed by atoms with Gasteiger partial charge in [0.15, 0.2) is 11.6 Å². The van der Waals surface area contributed by atoms with Crippen LogP contribution in [0.15, 0.2) is 41.1 Å². The van der Waals surface area contributed by atoms with Crippen molar-refractivity contribution in [3.05, 3.63) is 53.7 Å². The summed E-state index contributed by atoms with van der Waals surface area (Å²) in [5.41, 5.74) is 3.54. The maximum absolute atomic E-state index is 8.81. The van der Waals surface area contributed by atoms with E-state index in [-0.39, 0.29) is 6.04 Å². The fourth-order valence-corrected chi connectivity index (χ4v) is 4.25. The number of aromatic nitrogens is 6. The molecule has 4 aromatic rings. The molecule has 1 fully saturated rings. The number of pyridine rings is 1. The normalized spacial score (nSPS) is 15.1. The van der Waals surface area contributed by atoms with Gasteiger partial charge >= 0.3 is 0 Å². The number of ether oxygens (including phenoxy) is 1. The Bertz CT molecular complexity index is 1370. The highest BCUT2D eigenvalue weighted by molar-refractivity contribution is 5.62. The van der Waals surface area contributed by atoms with Crippen molar-refractivity contribution in [2.45, 2.75) is 45.6 Å². The van der Waals surface area contributed by atoms with Crippen LogP contribution in [0.2, 0.25) is 0 Å². The minimum absolute atomic E-state index is 0.0578. The smallest absolute Gasteiger partial charge is 0.231 e. The summed E-state index contributed by atoms with van der Waals surface area (Å²) in [6, 6.07) is 11.6. The van der Waals surface area contributed by atoms with Gasteiger partial charge in [0.25, 0.3) is 0 Å². The largest absolute Gasteiger partial charge is 0.477 e. The van der Waals surface area contributed by atoms with Crippen molar-refractivity contribution >= 4 is 17.6 Å². The van der Waals surface area contributed by atoms with Gasteiger partial charge < -0.3 is 19.5 Å². The van der Waals surface area contributed by atoms with E-state index in [0.717, 1.165) is 47.8 Å². The van der Waals surface area contributed by atoms with Crippen LogP contribution in [0.5, 0.6) is 5.88 Å². The number of hydrogen-bond donors (Lipinski definition) is 2. The second-order valence-corrected chi connectivity index (χ2v) is 8.67. The molecule has 1 unspecified atom stereocenters. The van der Waals surface area contributed by atoms with Crippen molar-refractivity contribution < 1.29 is 9.26 Å². The van der Waals surface area contributed by atoms with Crippen LogP contribution in [0.25, 0.3) is 11.3 Å². The van der Waals surface area contributed by atoms with Gasteiger partial charge in [-0.2, -0.15) is 20.3 Å². The molecule has 0 aliphatic carbocycles. The highest BCUT2D eigenvalue weighted by Gasteiger charge is 2.32. The third kappa shape index (κ3) is 5.12. The number of H-pyrrole nitrogens is 1. The van der Waals surface area contributed by atoms with E-state index in [1.54, 1.807) is 12.3 Å².